The van der Waals surface area contributed by atoms with E-state index in [0.717, 1.165) is 34.8 Å². The second-order valence-electron chi connectivity index (χ2n) is 8.03. The zero-order valence-corrected chi connectivity index (χ0v) is 16.1. The number of rotatable bonds is 5. The monoisotopic (exact) mass is 340 g/mol. The zero-order chi connectivity index (χ0) is 18.2. The largest absolute Gasteiger partial charge is 0.494 e. The number of aromatic nitrogens is 1. The molecule has 0 bridgehead atoms. The molecule has 3 rings (SSSR count). The van der Waals surface area contributed by atoms with Crippen LogP contribution in [0.2, 0.25) is 0 Å². The molecule has 1 aliphatic rings. The average molecular weight is 340 g/mol. The summed E-state index contributed by atoms with van der Waals surface area (Å²) < 4.78 is 12.3. The SMILES string of the molecule is CCCCCc1cc2ccc(B3OC(C)(C)C(C)(C)O3)cc2nc1N. The van der Waals surface area contributed by atoms with Crippen molar-refractivity contribution in [2.24, 2.45) is 0 Å². The van der Waals surface area contributed by atoms with Crippen LogP contribution in [-0.2, 0) is 15.7 Å². The van der Waals surface area contributed by atoms with Crippen molar-refractivity contribution in [3.63, 3.8) is 0 Å². The predicted molar refractivity (Wildman–Crippen MR) is 105 cm³/mol. The third-order valence-corrected chi connectivity index (χ3v) is 5.53. The highest BCUT2D eigenvalue weighted by Crippen LogP contribution is 2.36. The quantitative estimate of drug-likeness (QED) is 0.663. The molecule has 1 aromatic heterocycles. The van der Waals surface area contributed by atoms with E-state index in [2.05, 4.69) is 57.8 Å². The Kier molecular flexibility index (Phi) is 4.82. The fraction of sp³-hybridized carbons (Fsp3) is 0.550. The molecule has 1 saturated heterocycles. The summed E-state index contributed by atoms with van der Waals surface area (Å²) in [6.45, 7) is 10.5. The summed E-state index contributed by atoms with van der Waals surface area (Å²) in [5.41, 5.74) is 8.51. The first-order chi connectivity index (χ1) is 11.7. The van der Waals surface area contributed by atoms with E-state index >= 15 is 0 Å². The standard InChI is InChI=1S/C20H29BN2O2/c1-6-7-8-9-15-12-14-10-11-16(13-17(14)23-18(15)22)21-24-19(2,3)20(4,5)25-21/h10-13H,6-9H2,1-5H3,(H2,22,23). The van der Waals surface area contributed by atoms with Gasteiger partial charge in [-0.15, -0.1) is 0 Å². The van der Waals surface area contributed by atoms with Crippen molar-refractivity contribution in [1.82, 2.24) is 4.98 Å². The minimum absolute atomic E-state index is 0.345. The van der Waals surface area contributed by atoms with Crippen LogP contribution in [0, 0.1) is 0 Å². The number of aryl methyl sites for hydroxylation is 1. The molecule has 2 N–H and O–H groups in total. The van der Waals surface area contributed by atoms with Crippen molar-refractivity contribution < 1.29 is 9.31 Å². The third kappa shape index (κ3) is 3.53. The van der Waals surface area contributed by atoms with Crippen LogP contribution in [0.3, 0.4) is 0 Å². The summed E-state index contributed by atoms with van der Waals surface area (Å²) in [6, 6.07) is 8.36. The Balaban J connectivity index is 1.87. The lowest BCUT2D eigenvalue weighted by molar-refractivity contribution is 0.00578. The summed E-state index contributed by atoms with van der Waals surface area (Å²) >= 11 is 0. The molecule has 1 aromatic carbocycles. The molecule has 0 saturated carbocycles. The minimum Gasteiger partial charge on any atom is -0.399 e. The van der Waals surface area contributed by atoms with Crippen molar-refractivity contribution in [1.29, 1.82) is 0 Å². The van der Waals surface area contributed by atoms with Crippen molar-refractivity contribution >= 4 is 29.3 Å². The summed E-state index contributed by atoms with van der Waals surface area (Å²) in [5.74, 6) is 0.634. The normalized spacial score (nSPS) is 18.8. The number of hydrogen-bond acceptors (Lipinski definition) is 4. The van der Waals surface area contributed by atoms with E-state index in [0.29, 0.717) is 5.82 Å². The Morgan fingerprint density at radius 3 is 2.36 bits per heavy atom. The van der Waals surface area contributed by atoms with Gasteiger partial charge < -0.3 is 15.0 Å². The maximum Gasteiger partial charge on any atom is 0.494 e. The molecule has 0 atom stereocenters. The number of nitrogen functional groups attached to an aromatic ring is 1. The van der Waals surface area contributed by atoms with Crippen molar-refractivity contribution in [3.05, 3.63) is 29.8 Å². The van der Waals surface area contributed by atoms with Crippen molar-refractivity contribution in [2.45, 2.75) is 71.5 Å². The predicted octanol–water partition coefficient (Wildman–Crippen LogP) is 3.85. The fourth-order valence-electron chi connectivity index (χ4n) is 3.13. The van der Waals surface area contributed by atoms with Gasteiger partial charge in [0.05, 0.1) is 16.7 Å². The van der Waals surface area contributed by atoms with Gasteiger partial charge in [0.15, 0.2) is 0 Å². The van der Waals surface area contributed by atoms with Gasteiger partial charge in [-0.25, -0.2) is 4.98 Å². The Hall–Kier alpha value is -1.59. The molecule has 0 aliphatic carbocycles. The topological polar surface area (TPSA) is 57.4 Å². The first kappa shape index (κ1) is 18.2. The van der Waals surface area contributed by atoms with Crippen LogP contribution in [0.5, 0.6) is 0 Å². The van der Waals surface area contributed by atoms with Crippen LogP contribution in [-0.4, -0.2) is 23.3 Å². The smallest absolute Gasteiger partial charge is 0.399 e. The molecule has 2 heterocycles. The Morgan fingerprint density at radius 2 is 1.72 bits per heavy atom. The van der Waals surface area contributed by atoms with Gasteiger partial charge in [0.2, 0.25) is 0 Å². The molecule has 2 aromatic rings. The number of fused-ring (bicyclic) bond motifs is 1. The molecule has 1 fully saturated rings. The van der Waals surface area contributed by atoms with Gasteiger partial charge in [0.25, 0.3) is 0 Å². The second kappa shape index (κ2) is 6.62. The minimum atomic E-state index is -0.373. The van der Waals surface area contributed by atoms with E-state index in [1.54, 1.807) is 0 Å². The van der Waals surface area contributed by atoms with E-state index in [-0.39, 0.29) is 18.3 Å². The number of nitrogens with two attached hydrogens (primary N) is 1. The number of pyridine rings is 1. The van der Waals surface area contributed by atoms with Crippen molar-refractivity contribution in [2.75, 3.05) is 5.73 Å². The number of unbranched alkanes of at least 4 members (excludes halogenated alkanes) is 2. The van der Waals surface area contributed by atoms with Crippen LogP contribution < -0.4 is 11.2 Å². The summed E-state index contributed by atoms with van der Waals surface area (Å²) in [4.78, 5) is 4.63. The number of hydrogen-bond donors (Lipinski definition) is 1. The maximum atomic E-state index is 6.18. The Bertz CT molecular complexity index is 758. The van der Waals surface area contributed by atoms with Gasteiger partial charge >= 0.3 is 7.12 Å². The molecular formula is C20H29BN2O2. The molecular weight excluding hydrogens is 311 g/mol. The first-order valence-electron chi connectivity index (χ1n) is 9.28. The van der Waals surface area contributed by atoms with Gasteiger partial charge in [-0.05, 0) is 63.7 Å². The summed E-state index contributed by atoms with van der Waals surface area (Å²) in [7, 11) is -0.373. The lowest BCUT2D eigenvalue weighted by atomic mass is 9.78. The first-order valence-corrected chi connectivity index (χ1v) is 9.28. The highest BCUT2D eigenvalue weighted by molar-refractivity contribution is 6.62. The molecule has 25 heavy (non-hydrogen) atoms. The van der Waals surface area contributed by atoms with Crippen molar-refractivity contribution in [3.8, 4) is 0 Å². The second-order valence-corrected chi connectivity index (χ2v) is 8.03. The zero-order valence-electron chi connectivity index (χ0n) is 16.1. The maximum absolute atomic E-state index is 6.18. The molecule has 4 nitrogen and oxygen atoms in total. The third-order valence-electron chi connectivity index (χ3n) is 5.53. The van der Waals surface area contributed by atoms with Gasteiger partial charge in [0, 0.05) is 5.39 Å². The van der Waals surface area contributed by atoms with E-state index in [1.165, 1.54) is 12.8 Å². The lowest BCUT2D eigenvalue weighted by Crippen LogP contribution is -2.41. The van der Waals surface area contributed by atoms with Gasteiger partial charge in [-0.1, -0.05) is 31.9 Å². The highest BCUT2D eigenvalue weighted by Gasteiger charge is 2.51. The Labute approximate surface area is 151 Å². The van der Waals surface area contributed by atoms with Crippen LogP contribution in [0.4, 0.5) is 5.82 Å². The number of nitrogens with zero attached hydrogens (tertiary/aromatic N) is 1. The molecule has 0 radical (unpaired) electrons. The van der Waals surface area contributed by atoms with Gasteiger partial charge in [-0.3, -0.25) is 0 Å². The lowest BCUT2D eigenvalue weighted by Gasteiger charge is -2.32. The number of anilines is 1. The van der Waals surface area contributed by atoms with E-state index < -0.39 is 0 Å². The average Bonchev–Trinajstić information content (AvgIpc) is 2.75. The number of benzene rings is 1. The molecule has 1 aliphatic heterocycles. The summed E-state index contributed by atoms with van der Waals surface area (Å²) in [5, 5.41) is 1.11. The van der Waals surface area contributed by atoms with Crippen LogP contribution >= 0.6 is 0 Å². The van der Waals surface area contributed by atoms with Crippen LogP contribution in [0.15, 0.2) is 24.3 Å². The Morgan fingerprint density at radius 1 is 1.04 bits per heavy atom. The molecule has 0 spiro atoms. The molecule has 0 amide bonds. The van der Waals surface area contributed by atoms with Gasteiger partial charge in [0.1, 0.15) is 5.82 Å². The summed E-state index contributed by atoms with van der Waals surface area (Å²) in [6.07, 6.45) is 4.57. The van der Waals surface area contributed by atoms with Crippen LogP contribution in [0.1, 0.15) is 59.4 Å². The van der Waals surface area contributed by atoms with Crippen LogP contribution in [0.25, 0.3) is 10.9 Å². The van der Waals surface area contributed by atoms with E-state index in [9.17, 15) is 0 Å². The molecule has 134 valence electrons. The fourth-order valence-corrected chi connectivity index (χ4v) is 3.13. The molecule has 5 heteroatoms. The highest BCUT2D eigenvalue weighted by atomic mass is 16.7. The van der Waals surface area contributed by atoms with E-state index in [4.69, 9.17) is 15.0 Å². The van der Waals surface area contributed by atoms with E-state index in [1.807, 2.05) is 6.07 Å². The van der Waals surface area contributed by atoms with Gasteiger partial charge in [-0.2, -0.15) is 0 Å². The molecule has 0 unspecified atom stereocenters.